The average molecular weight is 292 g/mol. The highest BCUT2D eigenvalue weighted by atomic mass is 16.5. The number of esters is 1. The molecule has 0 aliphatic rings. The van der Waals surface area contributed by atoms with E-state index >= 15 is 0 Å². The standard InChI is InChI=1S/C15H20N2O4/c1-19-5-6-21-11-3-4-14-12(8-11)10(9-17-14)7-13(16)15(18)20-2/h3-4,8-9,13,17H,5-7,16H2,1-2H3. The fraction of sp³-hybridized carbons (Fsp3) is 0.400. The normalized spacial score (nSPS) is 12.3. The van der Waals surface area contributed by atoms with Crippen LogP contribution in [0.15, 0.2) is 24.4 Å². The topological polar surface area (TPSA) is 86.6 Å². The lowest BCUT2D eigenvalue weighted by Crippen LogP contribution is -2.33. The number of nitrogens with two attached hydrogens (primary N) is 1. The van der Waals surface area contributed by atoms with Gasteiger partial charge in [0.15, 0.2) is 0 Å². The Morgan fingerprint density at radius 3 is 2.86 bits per heavy atom. The molecule has 0 spiro atoms. The number of nitrogens with one attached hydrogen (secondary N) is 1. The molecule has 0 amide bonds. The van der Waals surface area contributed by atoms with Crippen molar-refractivity contribution < 1.29 is 19.0 Å². The first kappa shape index (κ1) is 15.3. The number of methoxy groups -OCH3 is 2. The summed E-state index contributed by atoms with van der Waals surface area (Å²) in [5.41, 5.74) is 7.74. The molecule has 21 heavy (non-hydrogen) atoms. The van der Waals surface area contributed by atoms with Crippen LogP contribution < -0.4 is 10.5 Å². The van der Waals surface area contributed by atoms with Crippen molar-refractivity contribution in [3.63, 3.8) is 0 Å². The predicted octanol–water partition coefficient (Wildman–Crippen LogP) is 1.24. The molecule has 0 saturated heterocycles. The first-order valence-corrected chi connectivity index (χ1v) is 6.71. The summed E-state index contributed by atoms with van der Waals surface area (Å²) in [5.74, 6) is 0.337. The Hall–Kier alpha value is -2.05. The number of hydrogen-bond donors (Lipinski definition) is 2. The van der Waals surface area contributed by atoms with Crippen LogP contribution in [0.4, 0.5) is 0 Å². The van der Waals surface area contributed by atoms with Gasteiger partial charge in [-0.15, -0.1) is 0 Å². The number of carbonyl (C=O) groups is 1. The van der Waals surface area contributed by atoms with Gasteiger partial charge in [-0.3, -0.25) is 4.79 Å². The minimum absolute atomic E-state index is 0.411. The van der Waals surface area contributed by atoms with E-state index in [9.17, 15) is 4.79 Å². The van der Waals surface area contributed by atoms with E-state index in [0.717, 1.165) is 22.2 Å². The fourth-order valence-electron chi connectivity index (χ4n) is 2.13. The molecular weight excluding hydrogens is 272 g/mol. The van der Waals surface area contributed by atoms with Gasteiger partial charge < -0.3 is 24.9 Å². The Bertz CT molecular complexity index is 609. The van der Waals surface area contributed by atoms with Gasteiger partial charge in [0.25, 0.3) is 0 Å². The molecule has 1 aromatic heterocycles. The van der Waals surface area contributed by atoms with Crippen LogP contribution >= 0.6 is 0 Å². The number of hydrogen-bond acceptors (Lipinski definition) is 5. The Morgan fingerprint density at radius 2 is 2.14 bits per heavy atom. The van der Waals surface area contributed by atoms with Crippen molar-refractivity contribution in [2.45, 2.75) is 12.5 Å². The largest absolute Gasteiger partial charge is 0.491 e. The summed E-state index contributed by atoms with van der Waals surface area (Å²) in [6.07, 6.45) is 2.26. The number of rotatable bonds is 7. The fourth-order valence-corrected chi connectivity index (χ4v) is 2.13. The highest BCUT2D eigenvalue weighted by molar-refractivity contribution is 5.85. The lowest BCUT2D eigenvalue weighted by molar-refractivity contribution is -0.142. The molecule has 6 heteroatoms. The Labute approximate surface area is 123 Å². The Balaban J connectivity index is 2.16. The number of fused-ring (bicyclic) bond motifs is 1. The number of aromatic nitrogens is 1. The van der Waals surface area contributed by atoms with Crippen molar-refractivity contribution in [1.29, 1.82) is 0 Å². The van der Waals surface area contributed by atoms with Gasteiger partial charge >= 0.3 is 5.97 Å². The van der Waals surface area contributed by atoms with Crippen LogP contribution in [0.3, 0.4) is 0 Å². The molecule has 0 aliphatic carbocycles. The summed E-state index contributed by atoms with van der Waals surface area (Å²) in [6, 6.07) is 5.08. The van der Waals surface area contributed by atoms with Crippen LogP contribution in [0.2, 0.25) is 0 Å². The molecule has 0 radical (unpaired) electrons. The molecule has 1 aromatic carbocycles. The first-order valence-electron chi connectivity index (χ1n) is 6.71. The van der Waals surface area contributed by atoms with E-state index in [1.807, 2.05) is 24.4 Å². The third-order valence-corrected chi connectivity index (χ3v) is 3.24. The predicted molar refractivity (Wildman–Crippen MR) is 79.4 cm³/mol. The van der Waals surface area contributed by atoms with Crippen LogP contribution in [-0.4, -0.2) is 44.4 Å². The van der Waals surface area contributed by atoms with Gasteiger partial charge in [0, 0.05) is 30.6 Å². The Kier molecular flexibility index (Phi) is 5.19. The molecule has 2 rings (SSSR count). The van der Waals surface area contributed by atoms with Crippen molar-refractivity contribution in [2.75, 3.05) is 27.4 Å². The molecule has 3 N–H and O–H groups in total. The van der Waals surface area contributed by atoms with Gasteiger partial charge in [-0.05, 0) is 23.8 Å². The minimum atomic E-state index is -0.674. The summed E-state index contributed by atoms with van der Waals surface area (Å²) in [7, 11) is 2.96. The maximum Gasteiger partial charge on any atom is 0.322 e. The van der Waals surface area contributed by atoms with Gasteiger partial charge in [-0.25, -0.2) is 0 Å². The zero-order valence-electron chi connectivity index (χ0n) is 12.2. The van der Waals surface area contributed by atoms with Crippen molar-refractivity contribution in [3.05, 3.63) is 30.0 Å². The van der Waals surface area contributed by atoms with Crippen molar-refractivity contribution in [2.24, 2.45) is 5.73 Å². The number of ether oxygens (including phenoxy) is 3. The molecular formula is C15H20N2O4. The maximum absolute atomic E-state index is 11.4. The third-order valence-electron chi connectivity index (χ3n) is 3.24. The maximum atomic E-state index is 11.4. The van der Waals surface area contributed by atoms with Crippen LogP contribution in [0, 0.1) is 0 Å². The van der Waals surface area contributed by atoms with Crippen LogP contribution in [0.1, 0.15) is 5.56 Å². The highest BCUT2D eigenvalue weighted by Crippen LogP contribution is 2.24. The molecule has 1 atom stereocenters. The van der Waals surface area contributed by atoms with Crippen molar-refractivity contribution >= 4 is 16.9 Å². The van der Waals surface area contributed by atoms with E-state index in [1.54, 1.807) is 7.11 Å². The summed E-state index contributed by atoms with van der Waals surface area (Å²) < 4.78 is 15.2. The second-order valence-corrected chi connectivity index (χ2v) is 4.70. The second kappa shape index (κ2) is 7.10. The van der Waals surface area contributed by atoms with Gasteiger partial charge in [0.05, 0.1) is 13.7 Å². The summed E-state index contributed by atoms with van der Waals surface area (Å²) in [4.78, 5) is 14.6. The number of carbonyl (C=O) groups excluding carboxylic acids is 1. The summed E-state index contributed by atoms with van der Waals surface area (Å²) >= 11 is 0. The molecule has 0 aliphatic heterocycles. The molecule has 1 heterocycles. The average Bonchev–Trinajstić information content (AvgIpc) is 2.89. The molecule has 0 fully saturated rings. The number of H-pyrrole nitrogens is 1. The molecule has 0 saturated carbocycles. The lowest BCUT2D eigenvalue weighted by atomic mass is 10.1. The smallest absolute Gasteiger partial charge is 0.322 e. The van der Waals surface area contributed by atoms with Crippen LogP contribution in [0.5, 0.6) is 5.75 Å². The van der Waals surface area contributed by atoms with E-state index in [0.29, 0.717) is 19.6 Å². The number of aromatic amines is 1. The zero-order chi connectivity index (χ0) is 15.2. The third kappa shape index (κ3) is 3.74. The minimum Gasteiger partial charge on any atom is -0.491 e. The van der Waals surface area contributed by atoms with E-state index < -0.39 is 12.0 Å². The van der Waals surface area contributed by atoms with E-state index in [1.165, 1.54) is 7.11 Å². The van der Waals surface area contributed by atoms with E-state index in [2.05, 4.69) is 9.72 Å². The molecule has 2 aromatic rings. The zero-order valence-corrected chi connectivity index (χ0v) is 12.2. The van der Waals surface area contributed by atoms with E-state index in [4.69, 9.17) is 15.2 Å². The van der Waals surface area contributed by atoms with Gasteiger partial charge in [-0.2, -0.15) is 0 Å². The van der Waals surface area contributed by atoms with Gasteiger partial charge in [-0.1, -0.05) is 0 Å². The lowest BCUT2D eigenvalue weighted by Gasteiger charge is -2.09. The molecule has 1 unspecified atom stereocenters. The monoisotopic (exact) mass is 292 g/mol. The van der Waals surface area contributed by atoms with Gasteiger partial charge in [0.1, 0.15) is 18.4 Å². The molecule has 0 bridgehead atoms. The summed E-state index contributed by atoms with van der Waals surface area (Å²) in [5, 5.41) is 0.990. The summed E-state index contributed by atoms with van der Waals surface area (Å²) in [6.45, 7) is 1.02. The number of benzene rings is 1. The molecule has 6 nitrogen and oxygen atoms in total. The highest BCUT2D eigenvalue weighted by Gasteiger charge is 2.16. The second-order valence-electron chi connectivity index (χ2n) is 4.70. The van der Waals surface area contributed by atoms with Crippen LogP contribution in [0.25, 0.3) is 10.9 Å². The SMILES string of the molecule is COCCOc1ccc2[nH]cc(CC(N)C(=O)OC)c2c1. The van der Waals surface area contributed by atoms with Crippen molar-refractivity contribution in [3.8, 4) is 5.75 Å². The van der Waals surface area contributed by atoms with Crippen LogP contribution in [-0.2, 0) is 20.7 Å². The van der Waals surface area contributed by atoms with E-state index in [-0.39, 0.29) is 0 Å². The van der Waals surface area contributed by atoms with Crippen molar-refractivity contribution in [1.82, 2.24) is 4.98 Å². The first-order chi connectivity index (χ1) is 10.2. The quantitative estimate of drug-likeness (QED) is 0.592. The molecule has 114 valence electrons. The Morgan fingerprint density at radius 1 is 1.33 bits per heavy atom. The van der Waals surface area contributed by atoms with Gasteiger partial charge in [0.2, 0.25) is 0 Å².